The van der Waals surface area contributed by atoms with E-state index < -0.39 is 39.3 Å². The molecule has 0 aliphatic rings. The van der Waals surface area contributed by atoms with E-state index in [2.05, 4.69) is 10.6 Å². The Bertz CT molecular complexity index is 1110. The molecule has 1 unspecified atom stereocenters. The van der Waals surface area contributed by atoms with Gasteiger partial charge in [0.25, 0.3) is 0 Å². The second kappa shape index (κ2) is 10.0. The van der Waals surface area contributed by atoms with Crippen LogP contribution in [0.15, 0.2) is 82.3 Å². The molecule has 2 aromatic carbocycles. The Labute approximate surface area is 179 Å². The van der Waals surface area contributed by atoms with Crippen molar-refractivity contribution in [2.75, 3.05) is 13.1 Å². The molecule has 0 bridgehead atoms. The lowest BCUT2D eigenvalue weighted by molar-refractivity contribution is -0.139. The van der Waals surface area contributed by atoms with Crippen LogP contribution in [0.2, 0.25) is 0 Å². The lowest BCUT2D eigenvalue weighted by Gasteiger charge is -2.16. The van der Waals surface area contributed by atoms with Gasteiger partial charge in [0.2, 0.25) is 0 Å². The second-order valence-electron chi connectivity index (χ2n) is 6.70. The molecule has 31 heavy (non-hydrogen) atoms. The van der Waals surface area contributed by atoms with E-state index in [0.717, 1.165) is 29.8 Å². The quantitative estimate of drug-likeness (QED) is 0.410. The number of nitrogens with one attached hydrogen (secondary N) is 2. The predicted octanol–water partition coefficient (Wildman–Crippen LogP) is 2.41. The van der Waals surface area contributed by atoms with E-state index in [1.807, 2.05) is 30.3 Å². The molecular formula is C22H21FN2O5S. The molecule has 0 radical (unpaired) electrons. The number of benzene rings is 2. The van der Waals surface area contributed by atoms with Gasteiger partial charge in [-0.25, -0.2) is 12.8 Å². The fraction of sp³-hybridized carbons (Fsp3) is 0.182. The van der Waals surface area contributed by atoms with Crippen molar-refractivity contribution < 1.29 is 26.8 Å². The summed E-state index contributed by atoms with van der Waals surface area (Å²) in [5.41, 5.74) is 1.01. The van der Waals surface area contributed by atoms with E-state index in [0.29, 0.717) is 6.42 Å². The highest BCUT2D eigenvalue weighted by molar-refractivity contribution is 7.91. The molecule has 2 N–H and O–H groups in total. The van der Waals surface area contributed by atoms with Crippen LogP contribution in [0.5, 0.6) is 0 Å². The molecule has 2 amide bonds. The second-order valence-corrected chi connectivity index (χ2v) is 8.83. The maximum absolute atomic E-state index is 13.2. The lowest BCUT2D eigenvalue weighted by atomic mass is 10.1. The summed E-state index contributed by atoms with van der Waals surface area (Å²) in [5, 5.41) is 3.56. The van der Waals surface area contributed by atoms with Gasteiger partial charge in [0.05, 0.1) is 11.2 Å². The molecular weight excluding hydrogens is 423 g/mol. The summed E-state index contributed by atoms with van der Waals surface area (Å²) in [5.74, 6) is -2.31. The van der Waals surface area contributed by atoms with Crippen LogP contribution in [-0.2, 0) is 25.8 Å². The Balaban J connectivity index is 1.63. The zero-order valence-electron chi connectivity index (χ0n) is 16.5. The van der Waals surface area contributed by atoms with Crippen molar-refractivity contribution in [3.8, 4) is 0 Å². The molecule has 1 atom stereocenters. The molecule has 1 aromatic heterocycles. The summed E-state index contributed by atoms with van der Waals surface area (Å²) in [7, 11) is -4.02. The number of hydrogen-bond donors (Lipinski definition) is 2. The van der Waals surface area contributed by atoms with Crippen molar-refractivity contribution in [3.05, 3.63) is 90.1 Å². The molecule has 0 fully saturated rings. The van der Waals surface area contributed by atoms with Crippen molar-refractivity contribution in [1.29, 1.82) is 0 Å². The molecule has 162 valence electrons. The molecule has 1 heterocycles. The molecule has 3 rings (SSSR count). The number of carbonyl (C=O) groups excluding carboxylic acids is 2. The Hall–Kier alpha value is -3.46. The summed E-state index contributed by atoms with van der Waals surface area (Å²) >= 11 is 0. The Morgan fingerprint density at radius 1 is 0.903 bits per heavy atom. The molecule has 0 saturated heterocycles. The number of sulfone groups is 1. The molecule has 0 aliphatic carbocycles. The van der Waals surface area contributed by atoms with Crippen molar-refractivity contribution in [1.82, 2.24) is 10.6 Å². The first-order valence-electron chi connectivity index (χ1n) is 9.51. The first-order valence-corrected chi connectivity index (χ1v) is 11.1. The smallest absolute Gasteiger partial charge is 0.309 e. The molecule has 7 nitrogen and oxygen atoms in total. The number of furan rings is 1. The van der Waals surface area contributed by atoms with Gasteiger partial charge in [0, 0.05) is 13.1 Å². The topological polar surface area (TPSA) is 105 Å². The van der Waals surface area contributed by atoms with Crippen LogP contribution < -0.4 is 10.6 Å². The lowest BCUT2D eigenvalue weighted by Crippen LogP contribution is -2.42. The zero-order valence-corrected chi connectivity index (χ0v) is 17.3. The first-order chi connectivity index (χ1) is 14.9. The average molecular weight is 444 g/mol. The monoisotopic (exact) mass is 444 g/mol. The number of carbonyl (C=O) groups is 2. The van der Waals surface area contributed by atoms with E-state index in [9.17, 15) is 22.4 Å². The SMILES string of the molecule is O=C(NCCc1ccccc1)C(=O)NCC(c1ccco1)S(=O)(=O)c1ccc(F)cc1. The van der Waals surface area contributed by atoms with Gasteiger partial charge < -0.3 is 15.1 Å². The minimum atomic E-state index is -4.02. The van der Waals surface area contributed by atoms with Gasteiger partial charge in [-0.1, -0.05) is 30.3 Å². The van der Waals surface area contributed by atoms with Crippen LogP contribution >= 0.6 is 0 Å². The highest BCUT2D eigenvalue weighted by Gasteiger charge is 2.32. The summed E-state index contributed by atoms with van der Waals surface area (Å²) in [6.07, 6.45) is 1.86. The van der Waals surface area contributed by atoms with Crippen LogP contribution in [0.25, 0.3) is 0 Å². The van der Waals surface area contributed by atoms with Gasteiger partial charge in [-0.15, -0.1) is 0 Å². The maximum atomic E-state index is 13.2. The third kappa shape index (κ3) is 5.79. The van der Waals surface area contributed by atoms with Crippen LogP contribution in [0.1, 0.15) is 16.6 Å². The van der Waals surface area contributed by atoms with Crippen molar-refractivity contribution in [3.63, 3.8) is 0 Å². The normalized spacial score (nSPS) is 12.2. The minimum Gasteiger partial charge on any atom is -0.468 e. The molecule has 0 spiro atoms. The van der Waals surface area contributed by atoms with Gasteiger partial charge in [-0.05, 0) is 48.4 Å². The van der Waals surface area contributed by atoms with E-state index in [1.165, 1.54) is 18.4 Å². The largest absolute Gasteiger partial charge is 0.468 e. The molecule has 0 saturated carbocycles. The van der Waals surface area contributed by atoms with Crippen molar-refractivity contribution >= 4 is 21.7 Å². The Morgan fingerprint density at radius 3 is 2.23 bits per heavy atom. The van der Waals surface area contributed by atoms with Crippen molar-refractivity contribution in [2.24, 2.45) is 0 Å². The summed E-state index contributed by atoms with van der Waals surface area (Å²) in [6.45, 7) is -0.135. The van der Waals surface area contributed by atoms with Gasteiger partial charge >= 0.3 is 11.8 Å². The van der Waals surface area contributed by atoms with Gasteiger partial charge in [-0.3, -0.25) is 9.59 Å². The summed E-state index contributed by atoms with van der Waals surface area (Å²) in [4.78, 5) is 24.1. The van der Waals surface area contributed by atoms with Gasteiger partial charge in [0.1, 0.15) is 16.8 Å². The van der Waals surface area contributed by atoms with Gasteiger partial charge in [0.15, 0.2) is 9.84 Å². The van der Waals surface area contributed by atoms with Crippen LogP contribution in [0.4, 0.5) is 4.39 Å². The summed E-state index contributed by atoms with van der Waals surface area (Å²) in [6, 6.07) is 16.7. The van der Waals surface area contributed by atoms with E-state index >= 15 is 0 Å². The third-order valence-corrected chi connectivity index (χ3v) is 6.65. The fourth-order valence-corrected chi connectivity index (χ4v) is 4.52. The van der Waals surface area contributed by atoms with E-state index in [1.54, 1.807) is 0 Å². The predicted molar refractivity (Wildman–Crippen MR) is 111 cm³/mol. The van der Waals surface area contributed by atoms with Crippen molar-refractivity contribution in [2.45, 2.75) is 16.6 Å². The zero-order chi connectivity index (χ0) is 22.3. The third-order valence-electron chi connectivity index (χ3n) is 4.57. The Morgan fingerprint density at radius 2 is 1.58 bits per heavy atom. The van der Waals surface area contributed by atoms with Crippen LogP contribution in [-0.4, -0.2) is 33.3 Å². The highest BCUT2D eigenvalue weighted by Crippen LogP contribution is 2.29. The standard InChI is InChI=1S/C22H21FN2O5S/c23-17-8-10-18(11-9-17)31(28,29)20(19-7-4-14-30-19)15-25-22(27)21(26)24-13-12-16-5-2-1-3-6-16/h1-11,14,20H,12-13,15H2,(H,24,26)(H,25,27). The van der Waals surface area contributed by atoms with Crippen LogP contribution in [0, 0.1) is 5.82 Å². The average Bonchev–Trinajstić information content (AvgIpc) is 3.29. The first kappa shape index (κ1) is 22.2. The van der Waals surface area contributed by atoms with E-state index in [-0.39, 0.29) is 17.2 Å². The fourth-order valence-electron chi connectivity index (χ4n) is 2.94. The van der Waals surface area contributed by atoms with E-state index in [4.69, 9.17) is 4.42 Å². The number of halogens is 1. The number of rotatable bonds is 8. The summed E-state index contributed by atoms with van der Waals surface area (Å²) < 4.78 is 44.5. The van der Waals surface area contributed by atoms with Crippen LogP contribution in [0.3, 0.4) is 0 Å². The number of amides is 2. The highest BCUT2D eigenvalue weighted by atomic mass is 32.2. The number of hydrogen-bond acceptors (Lipinski definition) is 5. The molecule has 9 heteroatoms. The minimum absolute atomic E-state index is 0.0918. The Kier molecular flexibility index (Phi) is 7.19. The molecule has 3 aromatic rings. The molecule has 0 aliphatic heterocycles. The maximum Gasteiger partial charge on any atom is 0.309 e. The van der Waals surface area contributed by atoms with Gasteiger partial charge in [-0.2, -0.15) is 0 Å².